The number of aliphatic imine (C=N–C) groups is 1. The van der Waals surface area contributed by atoms with Gasteiger partial charge in [0, 0.05) is 18.0 Å². The number of hydrogen-bond donors (Lipinski definition) is 1. The third-order valence-electron chi connectivity index (χ3n) is 2.86. The van der Waals surface area contributed by atoms with E-state index in [2.05, 4.69) is 4.99 Å². The summed E-state index contributed by atoms with van der Waals surface area (Å²) in [6.45, 7) is 7.46. The van der Waals surface area contributed by atoms with E-state index in [1.807, 2.05) is 52.0 Å². The van der Waals surface area contributed by atoms with Crippen molar-refractivity contribution in [1.82, 2.24) is 0 Å². The molecule has 1 aromatic carbocycles. The first-order valence-electron chi connectivity index (χ1n) is 6.24. The van der Waals surface area contributed by atoms with Gasteiger partial charge in [0.2, 0.25) is 0 Å². The number of benzene rings is 1. The molecular formula is C16H21NO2. The van der Waals surface area contributed by atoms with Crippen LogP contribution in [0.5, 0.6) is 0 Å². The number of aryl methyl sites for hydroxylation is 1. The molecule has 3 nitrogen and oxygen atoms in total. The SMILES string of the molecule is CN=C(/C(=C\O)C(=O)C(C)(C)C)c1ccc(C)cc1. The average Bonchev–Trinajstić information content (AvgIpc) is 2.35. The van der Waals surface area contributed by atoms with Gasteiger partial charge in [-0.1, -0.05) is 50.6 Å². The standard InChI is InChI=1S/C16H21NO2/c1-11-6-8-12(9-7-11)14(17-5)13(10-18)15(19)16(2,3)4/h6-10,18H,1-5H3/b13-10+,17-14?. The molecule has 0 aliphatic carbocycles. The lowest BCUT2D eigenvalue weighted by molar-refractivity contribution is -0.122. The van der Waals surface area contributed by atoms with Gasteiger partial charge in [0.15, 0.2) is 5.78 Å². The Hall–Kier alpha value is -1.90. The molecule has 0 bridgehead atoms. The Balaban J connectivity index is 3.23. The molecule has 3 heteroatoms. The van der Waals surface area contributed by atoms with Crippen LogP contribution in [0.15, 0.2) is 41.1 Å². The van der Waals surface area contributed by atoms with Crippen LogP contribution in [0.3, 0.4) is 0 Å². The first-order chi connectivity index (χ1) is 8.81. The highest BCUT2D eigenvalue weighted by Crippen LogP contribution is 2.23. The summed E-state index contributed by atoms with van der Waals surface area (Å²) in [5, 5.41) is 9.41. The van der Waals surface area contributed by atoms with Crippen LogP contribution in [0.4, 0.5) is 0 Å². The summed E-state index contributed by atoms with van der Waals surface area (Å²) >= 11 is 0. The molecule has 0 amide bonds. The Labute approximate surface area is 114 Å². The van der Waals surface area contributed by atoms with E-state index in [4.69, 9.17) is 0 Å². The molecular weight excluding hydrogens is 238 g/mol. The number of carbonyl (C=O) groups excluding carboxylic acids is 1. The number of aliphatic hydroxyl groups is 1. The highest BCUT2D eigenvalue weighted by molar-refractivity contribution is 6.29. The molecule has 0 aliphatic heterocycles. The highest BCUT2D eigenvalue weighted by Gasteiger charge is 2.28. The van der Waals surface area contributed by atoms with Gasteiger partial charge in [-0.15, -0.1) is 0 Å². The molecule has 0 fully saturated rings. The summed E-state index contributed by atoms with van der Waals surface area (Å²) in [6, 6.07) is 7.71. The van der Waals surface area contributed by atoms with Crippen molar-refractivity contribution in [1.29, 1.82) is 0 Å². The van der Waals surface area contributed by atoms with Crippen molar-refractivity contribution in [2.24, 2.45) is 10.4 Å². The zero-order valence-corrected chi connectivity index (χ0v) is 12.2. The van der Waals surface area contributed by atoms with Gasteiger partial charge in [-0.25, -0.2) is 0 Å². The molecule has 0 aliphatic rings. The van der Waals surface area contributed by atoms with Gasteiger partial charge in [-0.05, 0) is 6.92 Å². The summed E-state index contributed by atoms with van der Waals surface area (Å²) < 4.78 is 0. The summed E-state index contributed by atoms with van der Waals surface area (Å²) in [4.78, 5) is 16.5. The van der Waals surface area contributed by atoms with Crippen molar-refractivity contribution >= 4 is 11.5 Å². The Morgan fingerprint density at radius 2 is 1.74 bits per heavy atom. The number of Topliss-reactive ketones (excluding diaryl/α,β-unsaturated/α-hetero) is 1. The van der Waals surface area contributed by atoms with Gasteiger partial charge in [0.1, 0.15) is 0 Å². The maximum absolute atomic E-state index is 12.3. The van der Waals surface area contributed by atoms with E-state index in [1.165, 1.54) is 0 Å². The predicted molar refractivity (Wildman–Crippen MR) is 78.8 cm³/mol. The Bertz CT molecular complexity index is 517. The first kappa shape index (κ1) is 15.2. The molecule has 1 N–H and O–H groups in total. The topological polar surface area (TPSA) is 49.7 Å². The molecule has 0 saturated carbocycles. The summed E-state index contributed by atoms with van der Waals surface area (Å²) in [5.41, 5.74) is 2.16. The molecule has 0 saturated heterocycles. The van der Waals surface area contributed by atoms with Crippen LogP contribution in [0, 0.1) is 12.3 Å². The molecule has 1 aromatic rings. The van der Waals surface area contributed by atoms with Crippen molar-refractivity contribution in [3.63, 3.8) is 0 Å². The summed E-state index contributed by atoms with van der Waals surface area (Å²) in [6.07, 6.45) is 0.857. The number of rotatable bonds is 3. The van der Waals surface area contributed by atoms with Gasteiger partial charge >= 0.3 is 0 Å². The van der Waals surface area contributed by atoms with E-state index in [9.17, 15) is 9.90 Å². The average molecular weight is 259 g/mol. The number of allylic oxidation sites excluding steroid dienone is 1. The Kier molecular flexibility index (Phi) is 4.65. The number of carbonyl (C=O) groups is 1. The number of nitrogens with zero attached hydrogens (tertiary/aromatic N) is 1. The Morgan fingerprint density at radius 1 is 1.21 bits per heavy atom. The zero-order chi connectivity index (χ0) is 14.6. The molecule has 0 atom stereocenters. The van der Waals surface area contributed by atoms with Crippen LogP contribution in [-0.4, -0.2) is 23.6 Å². The molecule has 0 spiro atoms. The van der Waals surface area contributed by atoms with Crippen LogP contribution >= 0.6 is 0 Å². The second-order valence-corrected chi connectivity index (χ2v) is 5.56. The fraction of sp³-hybridized carbons (Fsp3) is 0.375. The molecule has 0 radical (unpaired) electrons. The van der Waals surface area contributed by atoms with Crippen molar-refractivity contribution in [2.45, 2.75) is 27.7 Å². The first-order valence-corrected chi connectivity index (χ1v) is 6.24. The second kappa shape index (κ2) is 5.83. The van der Waals surface area contributed by atoms with E-state index >= 15 is 0 Å². The van der Waals surface area contributed by atoms with Crippen LogP contribution in [0.25, 0.3) is 0 Å². The van der Waals surface area contributed by atoms with E-state index < -0.39 is 5.41 Å². The fourth-order valence-electron chi connectivity index (χ4n) is 1.75. The van der Waals surface area contributed by atoms with Crippen LogP contribution in [0.2, 0.25) is 0 Å². The fourth-order valence-corrected chi connectivity index (χ4v) is 1.75. The molecule has 0 unspecified atom stereocenters. The lowest BCUT2D eigenvalue weighted by atomic mass is 9.83. The summed E-state index contributed by atoms with van der Waals surface area (Å²) in [5.74, 6) is -0.129. The minimum absolute atomic E-state index is 0.129. The number of aliphatic hydroxyl groups excluding tert-OH is 1. The molecule has 0 heterocycles. The van der Waals surface area contributed by atoms with Crippen molar-refractivity contribution in [3.05, 3.63) is 47.2 Å². The van der Waals surface area contributed by atoms with Gasteiger partial charge in [0.25, 0.3) is 0 Å². The van der Waals surface area contributed by atoms with E-state index in [0.29, 0.717) is 5.71 Å². The number of ketones is 1. The summed E-state index contributed by atoms with van der Waals surface area (Å²) in [7, 11) is 1.62. The van der Waals surface area contributed by atoms with Crippen LogP contribution in [-0.2, 0) is 4.79 Å². The smallest absolute Gasteiger partial charge is 0.173 e. The van der Waals surface area contributed by atoms with Crippen molar-refractivity contribution in [3.8, 4) is 0 Å². The monoisotopic (exact) mass is 259 g/mol. The third kappa shape index (κ3) is 3.53. The van der Waals surface area contributed by atoms with E-state index in [1.54, 1.807) is 7.05 Å². The van der Waals surface area contributed by atoms with E-state index in [0.717, 1.165) is 17.4 Å². The lowest BCUT2D eigenvalue weighted by Gasteiger charge is -2.19. The number of hydrogen-bond acceptors (Lipinski definition) is 3. The minimum atomic E-state index is -0.560. The molecule has 102 valence electrons. The Morgan fingerprint density at radius 3 is 2.11 bits per heavy atom. The van der Waals surface area contributed by atoms with Crippen molar-refractivity contribution in [2.75, 3.05) is 7.05 Å². The largest absolute Gasteiger partial charge is 0.515 e. The van der Waals surface area contributed by atoms with Crippen molar-refractivity contribution < 1.29 is 9.90 Å². The quantitative estimate of drug-likeness (QED) is 0.513. The maximum Gasteiger partial charge on any atom is 0.173 e. The minimum Gasteiger partial charge on any atom is -0.515 e. The third-order valence-corrected chi connectivity index (χ3v) is 2.86. The highest BCUT2D eigenvalue weighted by atomic mass is 16.2. The van der Waals surface area contributed by atoms with Gasteiger partial charge in [0.05, 0.1) is 17.5 Å². The lowest BCUT2D eigenvalue weighted by Crippen LogP contribution is -2.26. The van der Waals surface area contributed by atoms with Crippen LogP contribution in [0.1, 0.15) is 31.9 Å². The maximum atomic E-state index is 12.3. The zero-order valence-electron chi connectivity index (χ0n) is 12.2. The van der Waals surface area contributed by atoms with Gasteiger partial charge in [-0.2, -0.15) is 0 Å². The van der Waals surface area contributed by atoms with Gasteiger partial charge < -0.3 is 5.11 Å². The predicted octanol–water partition coefficient (Wildman–Crippen LogP) is 3.47. The normalized spacial score (nSPS) is 13.5. The molecule has 0 aromatic heterocycles. The molecule has 19 heavy (non-hydrogen) atoms. The van der Waals surface area contributed by atoms with Gasteiger partial charge in [-0.3, -0.25) is 9.79 Å². The van der Waals surface area contributed by atoms with E-state index in [-0.39, 0.29) is 11.4 Å². The molecule has 1 rings (SSSR count). The second-order valence-electron chi connectivity index (χ2n) is 5.56. The van der Waals surface area contributed by atoms with Crippen LogP contribution < -0.4 is 0 Å².